The average Bonchev–Trinajstić information content (AvgIpc) is 3.37. The van der Waals surface area contributed by atoms with E-state index in [-0.39, 0.29) is 6.03 Å². The second-order valence-corrected chi connectivity index (χ2v) is 7.37. The number of aryl methyl sites for hydroxylation is 2. The molecular weight excluding hydrogens is 322 g/mol. The number of nitrogens with zero attached hydrogens (tertiary/aromatic N) is 2. The number of benzene rings is 1. The third kappa shape index (κ3) is 3.87. The van der Waals surface area contributed by atoms with E-state index in [0.717, 1.165) is 34.9 Å². The molecule has 1 aromatic heterocycles. The normalized spacial score (nSPS) is 13.6. The van der Waals surface area contributed by atoms with E-state index in [0.29, 0.717) is 19.1 Å². The summed E-state index contributed by atoms with van der Waals surface area (Å²) in [6, 6.07) is 8.15. The number of rotatable bonds is 6. The summed E-state index contributed by atoms with van der Waals surface area (Å²) in [6.07, 6.45) is 2.13. The van der Waals surface area contributed by atoms with Crippen LogP contribution in [-0.2, 0) is 13.1 Å². The number of thiazole rings is 1. The number of ether oxygens (including phenoxy) is 1. The third-order valence-electron chi connectivity index (χ3n) is 4.25. The van der Waals surface area contributed by atoms with Crippen LogP contribution in [-0.4, -0.2) is 29.1 Å². The van der Waals surface area contributed by atoms with E-state index in [1.807, 2.05) is 36.1 Å². The van der Waals surface area contributed by atoms with Crippen molar-refractivity contribution >= 4 is 17.4 Å². The highest BCUT2D eigenvalue weighted by Crippen LogP contribution is 2.30. The summed E-state index contributed by atoms with van der Waals surface area (Å²) in [6.45, 7) is 5.09. The second kappa shape index (κ2) is 7.21. The van der Waals surface area contributed by atoms with Crippen LogP contribution in [0.2, 0.25) is 0 Å². The molecule has 1 aliphatic rings. The van der Waals surface area contributed by atoms with Crippen LogP contribution in [0, 0.1) is 13.8 Å². The minimum Gasteiger partial charge on any atom is -0.496 e. The summed E-state index contributed by atoms with van der Waals surface area (Å²) in [7, 11) is 1.66. The number of hydrogen-bond acceptors (Lipinski definition) is 4. The van der Waals surface area contributed by atoms with Crippen LogP contribution in [0.5, 0.6) is 5.75 Å². The Morgan fingerprint density at radius 1 is 1.38 bits per heavy atom. The summed E-state index contributed by atoms with van der Waals surface area (Å²) < 4.78 is 5.40. The highest BCUT2D eigenvalue weighted by molar-refractivity contribution is 7.11. The molecule has 128 valence electrons. The van der Waals surface area contributed by atoms with Gasteiger partial charge >= 0.3 is 6.03 Å². The summed E-state index contributed by atoms with van der Waals surface area (Å²) in [4.78, 5) is 20.2. The van der Waals surface area contributed by atoms with Crippen molar-refractivity contribution in [1.29, 1.82) is 0 Å². The Morgan fingerprint density at radius 3 is 2.75 bits per heavy atom. The molecule has 0 spiro atoms. The topological polar surface area (TPSA) is 54.5 Å². The van der Waals surface area contributed by atoms with Gasteiger partial charge in [-0.1, -0.05) is 18.2 Å². The number of aromatic nitrogens is 1. The van der Waals surface area contributed by atoms with E-state index in [2.05, 4.69) is 17.2 Å². The minimum atomic E-state index is -0.0334. The van der Waals surface area contributed by atoms with Gasteiger partial charge in [-0.2, -0.15) is 0 Å². The molecule has 1 N–H and O–H groups in total. The van der Waals surface area contributed by atoms with Crippen molar-refractivity contribution < 1.29 is 9.53 Å². The van der Waals surface area contributed by atoms with E-state index in [9.17, 15) is 4.79 Å². The maximum absolute atomic E-state index is 12.6. The first kappa shape index (κ1) is 16.8. The molecule has 0 radical (unpaired) electrons. The van der Waals surface area contributed by atoms with Gasteiger partial charge in [-0.25, -0.2) is 9.78 Å². The van der Waals surface area contributed by atoms with Crippen molar-refractivity contribution in [3.8, 4) is 5.75 Å². The van der Waals surface area contributed by atoms with Crippen LogP contribution < -0.4 is 10.1 Å². The molecule has 5 nitrogen and oxygen atoms in total. The summed E-state index contributed by atoms with van der Waals surface area (Å²) in [5.74, 6) is 0.821. The maximum Gasteiger partial charge on any atom is 0.318 e. The van der Waals surface area contributed by atoms with Crippen LogP contribution in [0.3, 0.4) is 0 Å². The van der Waals surface area contributed by atoms with Gasteiger partial charge in [0.25, 0.3) is 0 Å². The first-order chi connectivity index (χ1) is 11.6. The number of carbonyl (C=O) groups is 1. The van der Waals surface area contributed by atoms with E-state index in [1.54, 1.807) is 18.4 Å². The lowest BCUT2D eigenvalue weighted by molar-refractivity contribution is 0.191. The Labute approximate surface area is 146 Å². The molecule has 2 amide bonds. The van der Waals surface area contributed by atoms with Gasteiger partial charge < -0.3 is 15.0 Å². The van der Waals surface area contributed by atoms with Crippen molar-refractivity contribution in [2.45, 2.75) is 45.8 Å². The highest BCUT2D eigenvalue weighted by Gasteiger charge is 2.33. The quantitative estimate of drug-likeness (QED) is 0.869. The monoisotopic (exact) mass is 345 g/mol. The van der Waals surface area contributed by atoms with Crippen LogP contribution in [0.4, 0.5) is 4.79 Å². The van der Waals surface area contributed by atoms with Crippen LogP contribution in [0.15, 0.2) is 24.3 Å². The van der Waals surface area contributed by atoms with E-state index < -0.39 is 0 Å². The molecule has 3 rings (SSSR count). The molecule has 1 aromatic carbocycles. The molecule has 0 saturated heterocycles. The van der Waals surface area contributed by atoms with Gasteiger partial charge in [-0.05, 0) is 32.8 Å². The van der Waals surface area contributed by atoms with Gasteiger partial charge in [0, 0.05) is 16.5 Å². The van der Waals surface area contributed by atoms with Crippen LogP contribution >= 0.6 is 11.3 Å². The minimum absolute atomic E-state index is 0.0334. The van der Waals surface area contributed by atoms with Crippen molar-refractivity contribution in [2.75, 3.05) is 7.11 Å². The summed E-state index contributed by atoms with van der Waals surface area (Å²) in [5.41, 5.74) is 2.07. The highest BCUT2D eigenvalue weighted by atomic mass is 32.1. The fraction of sp³-hybridized carbons (Fsp3) is 0.444. The lowest BCUT2D eigenvalue weighted by Crippen LogP contribution is -2.40. The van der Waals surface area contributed by atoms with Crippen molar-refractivity contribution in [1.82, 2.24) is 15.2 Å². The van der Waals surface area contributed by atoms with E-state index >= 15 is 0 Å². The molecule has 0 unspecified atom stereocenters. The molecule has 6 heteroatoms. The van der Waals surface area contributed by atoms with Crippen molar-refractivity contribution in [3.05, 3.63) is 45.4 Å². The molecule has 2 aromatic rings. The zero-order chi connectivity index (χ0) is 17.1. The van der Waals surface area contributed by atoms with Crippen molar-refractivity contribution in [3.63, 3.8) is 0 Å². The first-order valence-corrected chi connectivity index (χ1v) is 8.99. The van der Waals surface area contributed by atoms with Gasteiger partial charge in [0.2, 0.25) is 0 Å². The molecule has 1 heterocycles. The zero-order valence-electron chi connectivity index (χ0n) is 14.3. The zero-order valence-corrected chi connectivity index (χ0v) is 15.2. The molecular formula is C18H23N3O2S. The first-order valence-electron chi connectivity index (χ1n) is 8.17. The molecule has 0 aliphatic heterocycles. The fourth-order valence-electron chi connectivity index (χ4n) is 2.64. The molecule has 0 bridgehead atoms. The number of urea groups is 1. The molecule has 0 atom stereocenters. The van der Waals surface area contributed by atoms with E-state index in [4.69, 9.17) is 4.74 Å². The standard InChI is InChI=1S/C18H23N3O2S/c1-12-13(2)24-17(20-12)10-19-18(22)21(15-8-9-15)11-14-6-4-5-7-16(14)23-3/h4-7,15H,8-11H2,1-3H3,(H,19,22). The van der Waals surface area contributed by atoms with Gasteiger partial charge in [0.15, 0.2) is 0 Å². The third-order valence-corrected chi connectivity index (χ3v) is 5.32. The number of carbonyl (C=O) groups excluding carboxylic acids is 1. The Bertz CT molecular complexity index is 705. The number of para-hydroxylation sites is 1. The predicted octanol–water partition coefficient (Wildman–Crippen LogP) is 3.64. The largest absolute Gasteiger partial charge is 0.496 e. The Hall–Kier alpha value is -2.08. The van der Waals surface area contributed by atoms with E-state index in [1.165, 1.54) is 4.88 Å². The van der Waals surface area contributed by atoms with Crippen LogP contribution in [0.1, 0.15) is 34.0 Å². The van der Waals surface area contributed by atoms with Crippen LogP contribution in [0.25, 0.3) is 0 Å². The van der Waals surface area contributed by atoms with Gasteiger partial charge in [-0.15, -0.1) is 11.3 Å². The lowest BCUT2D eigenvalue weighted by atomic mass is 10.2. The number of hydrogen-bond donors (Lipinski definition) is 1. The maximum atomic E-state index is 12.6. The Kier molecular flexibility index (Phi) is 5.04. The number of methoxy groups -OCH3 is 1. The molecule has 1 aliphatic carbocycles. The molecule has 1 fully saturated rings. The Balaban J connectivity index is 1.65. The number of amides is 2. The van der Waals surface area contributed by atoms with Gasteiger partial charge in [0.1, 0.15) is 10.8 Å². The molecule has 1 saturated carbocycles. The lowest BCUT2D eigenvalue weighted by Gasteiger charge is -2.23. The second-order valence-electron chi connectivity index (χ2n) is 6.08. The summed E-state index contributed by atoms with van der Waals surface area (Å²) in [5, 5.41) is 3.96. The summed E-state index contributed by atoms with van der Waals surface area (Å²) >= 11 is 1.64. The van der Waals surface area contributed by atoms with Crippen molar-refractivity contribution in [2.24, 2.45) is 0 Å². The fourth-order valence-corrected chi connectivity index (χ4v) is 3.51. The Morgan fingerprint density at radius 2 is 2.12 bits per heavy atom. The van der Waals surface area contributed by atoms with Gasteiger partial charge in [-0.3, -0.25) is 0 Å². The smallest absolute Gasteiger partial charge is 0.318 e. The molecule has 24 heavy (non-hydrogen) atoms. The van der Waals surface area contributed by atoms with Gasteiger partial charge in [0.05, 0.1) is 25.9 Å². The SMILES string of the molecule is COc1ccccc1CN(C(=O)NCc1nc(C)c(C)s1)C1CC1. The number of nitrogens with one attached hydrogen (secondary N) is 1. The average molecular weight is 345 g/mol. The predicted molar refractivity (Wildman–Crippen MR) is 95.4 cm³/mol.